The number of hydrogen-bond donors (Lipinski definition) is 1. The summed E-state index contributed by atoms with van der Waals surface area (Å²) in [6, 6.07) is 3.86. The van der Waals surface area contributed by atoms with E-state index in [9.17, 15) is 0 Å². The molecule has 1 rings (SSSR count). The van der Waals surface area contributed by atoms with Crippen LogP contribution in [0.3, 0.4) is 0 Å². The minimum atomic E-state index is 0.523. The third-order valence-corrected chi connectivity index (χ3v) is 2.55. The van der Waals surface area contributed by atoms with Crippen molar-refractivity contribution in [2.24, 2.45) is 0 Å². The SMILES string of the molecule is COCCOCCOc1c(C)ccc(N)c1C. The summed E-state index contributed by atoms with van der Waals surface area (Å²) in [6.07, 6.45) is 0. The molecule has 0 fully saturated rings. The van der Waals surface area contributed by atoms with Gasteiger partial charge in [-0.05, 0) is 25.5 Å². The summed E-state index contributed by atoms with van der Waals surface area (Å²) >= 11 is 0. The van der Waals surface area contributed by atoms with E-state index in [4.69, 9.17) is 19.9 Å². The first-order valence-corrected chi connectivity index (χ1v) is 5.72. The van der Waals surface area contributed by atoms with Crippen molar-refractivity contribution in [1.29, 1.82) is 0 Å². The Labute approximate surface area is 103 Å². The molecule has 1 aromatic carbocycles. The molecule has 0 saturated heterocycles. The summed E-state index contributed by atoms with van der Waals surface area (Å²) in [6.45, 7) is 6.24. The summed E-state index contributed by atoms with van der Waals surface area (Å²) in [4.78, 5) is 0. The lowest BCUT2D eigenvalue weighted by Crippen LogP contribution is -2.11. The van der Waals surface area contributed by atoms with Crippen LogP contribution in [-0.2, 0) is 9.47 Å². The van der Waals surface area contributed by atoms with Gasteiger partial charge in [-0.25, -0.2) is 0 Å². The molecule has 0 amide bonds. The number of anilines is 1. The fourth-order valence-corrected chi connectivity index (χ4v) is 1.51. The Hall–Kier alpha value is -1.26. The van der Waals surface area contributed by atoms with Gasteiger partial charge in [-0.15, -0.1) is 0 Å². The Morgan fingerprint density at radius 2 is 1.76 bits per heavy atom. The van der Waals surface area contributed by atoms with Gasteiger partial charge in [0.05, 0.1) is 19.8 Å². The Morgan fingerprint density at radius 3 is 2.47 bits per heavy atom. The molecule has 0 aromatic heterocycles. The van der Waals surface area contributed by atoms with Crippen molar-refractivity contribution in [1.82, 2.24) is 0 Å². The van der Waals surface area contributed by atoms with Crippen LogP contribution in [0.25, 0.3) is 0 Å². The van der Waals surface area contributed by atoms with Crippen LogP contribution >= 0.6 is 0 Å². The van der Waals surface area contributed by atoms with E-state index in [2.05, 4.69) is 0 Å². The van der Waals surface area contributed by atoms with E-state index in [-0.39, 0.29) is 0 Å². The van der Waals surface area contributed by atoms with Gasteiger partial charge in [-0.3, -0.25) is 0 Å². The number of rotatable bonds is 7. The second-order valence-electron chi connectivity index (χ2n) is 3.88. The summed E-state index contributed by atoms with van der Waals surface area (Å²) in [5.74, 6) is 0.861. The number of nitrogens with two attached hydrogens (primary N) is 1. The second-order valence-corrected chi connectivity index (χ2v) is 3.88. The van der Waals surface area contributed by atoms with Crippen LogP contribution in [0.15, 0.2) is 12.1 Å². The van der Waals surface area contributed by atoms with Crippen molar-refractivity contribution in [2.75, 3.05) is 39.3 Å². The predicted octanol–water partition coefficient (Wildman–Crippen LogP) is 1.93. The molecule has 0 heterocycles. The lowest BCUT2D eigenvalue weighted by Gasteiger charge is -2.13. The minimum Gasteiger partial charge on any atom is -0.491 e. The van der Waals surface area contributed by atoms with E-state index < -0.39 is 0 Å². The lowest BCUT2D eigenvalue weighted by atomic mass is 10.1. The molecule has 4 nitrogen and oxygen atoms in total. The molecule has 17 heavy (non-hydrogen) atoms. The molecule has 4 heteroatoms. The molecule has 1 aromatic rings. The molecule has 0 bridgehead atoms. The van der Waals surface area contributed by atoms with Crippen LogP contribution in [0.1, 0.15) is 11.1 Å². The number of ether oxygens (including phenoxy) is 3. The zero-order valence-corrected chi connectivity index (χ0v) is 10.8. The van der Waals surface area contributed by atoms with Crippen molar-refractivity contribution in [2.45, 2.75) is 13.8 Å². The zero-order chi connectivity index (χ0) is 12.7. The Morgan fingerprint density at radius 1 is 1.06 bits per heavy atom. The third-order valence-electron chi connectivity index (χ3n) is 2.55. The maximum absolute atomic E-state index is 5.83. The van der Waals surface area contributed by atoms with Gasteiger partial charge in [0, 0.05) is 18.4 Å². The van der Waals surface area contributed by atoms with E-state index in [1.165, 1.54) is 0 Å². The molecule has 0 saturated carbocycles. The van der Waals surface area contributed by atoms with Gasteiger partial charge in [0.1, 0.15) is 12.4 Å². The van der Waals surface area contributed by atoms with Crippen LogP contribution in [-0.4, -0.2) is 33.5 Å². The first-order valence-electron chi connectivity index (χ1n) is 5.72. The van der Waals surface area contributed by atoms with Crippen molar-refractivity contribution >= 4 is 5.69 Å². The summed E-state index contributed by atoms with van der Waals surface area (Å²) in [7, 11) is 1.65. The van der Waals surface area contributed by atoms with E-state index in [1.54, 1.807) is 7.11 Å². The molecule has 0 aliphatic heterocycles. The van der Waals surface area contributed by atoms with Crippen molar-refractivity contribution in [3.05, 3.63) is 23.3 Å². The van der Waals surface area contributed by atoms with E-state index >= 15 is 0 Å². The average Bonchev–Trinajstić information content (AvgIpc) is 2.32. The number of aryl methyl sites for hydroxylation is 1. The van der Waals surface area contributed by atoms with Crippen LogP contribution in [0.5, 0.6) is 5.75 Å². The Bertz CT molecular complexity index is 353. The maximum Gasteiger partial charge on any atom is 0.127 e. The second kappa shape index (κ2) is 7.14. The number of nitrogen functional groups attached to an aromatic ring is 1. The molecule has 0 spiro atoms. The highest BCUT2D eigenvalue weighted by Gasteiger charge is 2.06. The fourth-order valence-electron chi connectivity index (χ4n) is 1.51. The van der Waals surface area contributed by atoms with E-state index in [1.807, 2.05) is 26.0 Å². The van der Waals surface area contributed by atoms with Crippen LogP contribution < -0.4 is 10.5 Å². The molecule has 0 unspecified atom stereocenters. The largest absolute Gasteiger partial charge is 0.491 e. The molecule has 0 aliphatic rings. The van der Waals surface area contributed by atoms with Gasteiger partial charge in [0.15, 0.2) is 0 Å². The molecule has 0 aliphatic carbocycles. The van der Waals surface area contributed by atoms with E-state index in [0.717, 1.165) is 22.6 Å². The van der Waals surface area contributed by atoms with Gasteiger partial charge >= 0.3 is 0 Å². The summed E-state index contributed by atoms with van der Waals surface area (Å²) in [5.41, 5.74) is 8.67. The van der Waals surface area contributed by atoms with Crippen molar-refractivity contribution in [3.63, 3.8) is 0 Å². The highest BCUT2D eigenvalue weighted by molar-refractivity contribution is 5.56. The topological polar surface area (TPSA) is 53.7 Å². The molecular formula is C13H21NO3. The molecule has 0 atom stereocenters. The normalized spacial score (nSPS) is 10.5. The van der Waals surface area contributed by atoms with Crippen LogP contribution in [0.4, 0.5) is 5.69 Å². The van der Waals surface area contributed by atoms with Gasteiger partial charge in [0.25, 0.3) is 0 Å². The highest BCUT2D eigenvalue weighted by Crippen LogP contribution is 2.27. The number of methoxy groups -OCH3 is 1. The molecule has 0 radical (unpaired) electrons. The predicted molar refractivity (Wildman–Crippen MR) is 68.5 cm³/mol. The highest BCUT2D eigenvalue weighted by atomic mass is 16.5. The first kappa shape index (κ1) is 13.8. The van der Waals surface area contributed by atoms with Gasteiger partial charge < -0.3 is 19.9 Å². The monoisotopic (exact) mass is 239 g/mol. The average molecular weight is 239 g/mol. The van der Waals surface area contributed by atoms with E-state index in [0.29, 0.717) is 26.4 Å². The maximum atomic E-state index is 5.83. The van der Waals surface area contributed by atoms with Crippen molar-refractivity contribution in [3.8, 4) is 5.75 Å². The molecular weight excluding hydrogens is 218 g/mol. The first-order chi connectivity index (χ1) is 8.16. The summed E-state index contributed by atoms with van der Waals surface area (Å²) in [5, 5.41) is 0. The van der Waals surface area contributed by atoms with Gasteiger partial charge in [0.2, 0.25) is 0 Å². The standard InChI is InChI=1S/C13H21NO3/c1-10-4-5-12(14)11(2)13(10)17-9-8-16-7-6-15-3/h4-5H,6-9,14H2,1-3H3. The number of hydrogen-bond acceptors (Lipinski definition) is 4. The fraction of sp³-hybridized carbons (Fsp3) is 0.538. The number of benzene rings is 1. The van der Waals surface area contributed by atoms with Crippen LogP contribution in [0, 0.1) is 13.8 Å². The Balaban J connectivity index is 2.39. The third kappa shape index (κ3) is 4.24. The Kier molecular flexibility index (Phi) is 5.80. The quantitative estimate of drug-likeness (QED) is 0.583. The minimum absolute atomic E-state index is 0.523. The molecule has 2 N–H and O–H groups in total. The lowest BCUT2D eigenvalue weighted by molar-refractivity contribution is 0.0542. The van der Waals surface area contributed by atoms with Crippen molar-refractivity contribution < 1.29 is 14.2 Å². The smallest absolute Gasteiger partial charge is 0.127 e. The molecule has 96 valence electrons. The zero-order valence-electron chi connectivity index (χ0n) is 10.8. The van der Waals surface area contributed by atoms with Crippen LogP contribution in [0.2, 0.25) is 0 Å². The van der Waals surface area contributed by atoms with Gasteiger partial charge in [-0.2, -0.15) is 0 Å². The summed E-state index contributed by atoms with van der Waals surface area (Å²) < 4.78 is 15.9. The van der Waals surface area contributed by atoms with Gasteiger partial charge in [-0.1, -0.05) is 6.07 Å².